The van der Waals surface area contributed by atoms with Gasteiger partial charge >= 0.3 is 0 Å². The van der Waals surface area contributed by atoms with E-state index in [1.54, 1.807) is 7.11 Å². The lowest BCUT2D eigenvalue weighted by molar-refractivity contribution is 0.0963. The van der Waals surface area contributed by atoms with Crippen LogP contribution < -0.4 is 0 Å². The highest BCUT2D eigenvalue weighted by molar-refractivity contribution is 4.49. The van der Waals surface area contributed by atoms with Crippen LogP contribution in [0.25, 0.3) is 0 Å². The monoisotopic (exact) mass is 146 g/mol. The fraction of sp³-hybridized carbons (Fsp3) is 1.00. The average Bonchev–Trinajstić information content (AvgIpc) is 1.97. The van der Waals surface area contributed by atoms with Crippen molar-refractivity contribution >= 4 is 0 Å². The van der Waals surface area contributed by atoms with Crippen LogP contribution in [0.4, 0.5) is 0 Å². The SMILES string of the molecule is CCOCC(C)CCOC. The summed E-state index contributed by atoms with van der Waals surface area (Å²) in [4.78, 5) is 0. The second-order valence-electron chi connectivity index (χ2n) is 2.55. The first-order valence-corrected chi connectivity index (χ1v) is 3.88. The highest BCUT2D eigenvalue weighted by Crippen LogP contribution is 2.01. The van der Waals surface area contributed by atoms with Crippen molar-refractivity contribution in [3.63, 3.8) is 0 Å². The molecular weight excluding hydrogens is 128 g/mol. The molecule has 0 radical (unpaired) electrons. The van der Waals surface area contributed by atoms with E-state index in [1.165, 1.54) is 0 Å². The standard InChI is InChI=1S/C8H18O2/c1-4-10-7-8(2)5-6-9-3/h8H,4-7H2,1-3H3. The van der Waals surface area contributed by atoms with Gasteiger partial charge in [-0.3, -0.25) is 0 Å². The number of rotatable bonds is 6. The van der Waals surface area contributed by atoms with E-state index >= 15 is 0 Å². The Hall–Kier alpha value is -0.0800. The molecule has 0 spiro atoms. The van der Waals surface area contributed by atoms with Crippen molar-refractivity contribution < 1.29 is 9.47 Å². The highest BCUT2D eigenvalue weighted by atomic mass is 16.5. The van der Waals surface area contributed by atoms with E-state index < -0.39 is 0 Å². The van der Waals surface area contributed by atoms with Crippen molar-refractivity contribution in [3.05, 3.63) is 0 Å². The Kier molecular flexibility index (Phi) is 6.98. The fourth-order valence-electron chi connectivity index (χ4n) is 0.721. The molecule has 0 amide bonds. The Bertz CT molecular complexity index is 56.3. The third-order valence-corrected chi connectivity index (χ3v) is 1.42. The smallest absolute Gasteiger partial charge is 0.0492 e. The van der Waals surface area contributed by atoms with Gasteiger partial charge in [0.05, 0.1) is 0 Å². The van der Waals surface area contributed by atoms with Gasteiger partial charge in [0, 0.05) is 26.9 Å². The summed E-state index contributed by atoms with van der Waals surface area (Å²) in [6.07, 6.45) is 1.09. The van der Waals surface area contributed by atoms with Crippen molar-refractivity contribution in [1.82, 2.24) is 0 Å². The number of methoxy groups -OCH3 is 1. The summed E-state index contributed by atoms with van der Waals surface area (Å²) < 4.78 is 10.2. The number of ether oxygens (including phenoxy) is 2. The number of hydrogen-bond acceptors (Lipinski definition) is 2. The minimum absolute atomic E-state index is 0.625. The van der Waals surface area contributed by atoms with Gasteiger partial charge in [0.15, 0.2) is 0 Å². The Morgan fingerprint density at radius 2 is 2.10 bits per heavy atom. The van der Waals surface area contributed by atoms with Crippen LogP contribution in [0.5, 0.6) is 0 Å². The predicted octanol–water partition coefficient (Wildman–Crippen LogP) is 1.70. The lowest BCUT2D eigenvalue weighted by Crippen LogP contribution is -2.08. The molecule has 0 aromatic carbocycles. The molecule has 0 aromatic heterocycles. The first-order chi connectivity index (χ1) is 4.81. The van der Waals surface area contributed by atoms with Crippen LogP contribution >= 0.6 is 0 Å². The number of hydrogen-bond donors (Lipinski definition) is 0. The predicted molar refractivity (Wildman–Crippen MR) is 42.2 cm³/mol. The summed E-state index contributed by atoms with van der Waals surface area (Å²) in [5.74, 6) is 0.625. The average molecular weight is 146 g/mol. The minimum Gasteiger partial charge on any atom is -0.385 e. The summed E-state index contributed by atoms with van der Waals surface area (Å²) in [6, 6.07) is 0. The van der Waals surface area contributed by atoms with Gasteiger partial charge < -0.3 is 9.47 Å². The largest absolute Gasteiger partial charge is 0.385 e. The second-order valence-corrected chi connectivity index (χ2v) is 2.55. The van der Waals surface area contributed by atoms with Crippen LogP contribution in [0.15, 0.2) is 0 Å². The zero-order valence-electron chi connectivity index (χ0n) is 7.22. The van der Waals surface area contributed by atoms with E-state index in [9.17, 15) is 0 Å². The van der Waals surface area contributed by atoms with Gasteiger partial charge in [-0.2, -0.15) is 0 Å². The summed E-state index contributed by atoms with van der Waals surface area (Å²) in [7, 11) is 1.73. The molecule has 0 aliphatic carbocycles. The molecule has 0 aromatic rings. The Morgan fingerprint density at radius 3 is 2.60 bits per heavy atom. The highest BCUT2D eigenvalue weighted by Gasteiger charge is 1.99. The molecule has 0 rings (SSSR count). The summed E-state index contributed by atoms with van der Waals surface area (Å²) >= 11 is 0. The molecule has 0 saturated carbocycles. The fourth-order valence-corrected chi connectivity index (χ4v) is 0.721. The molecule has 1 atom stereocenters. The van der Waals surface area contributed by atoms with E-state index in [4.69, 9.17) is 9.47 Å². The van der Waals surface area contributed by atoms with E-state index in [0.717, 1.165) is 26.2 Å². The van der Waals surface area contributed by atoms with Gasteiger partial charge in [-0.1, -0.05) is 6.92 Å². The Balaban J connectivity index is 3.00. The van der Waals surface area contributed by atoms with Crippen molar-refractivity contribution in [1.29, 1.82) is 0 Å². The van der Waals surface area contributed by atoms with Crippen LogP contribution in [-0.2, 0) is 9.47 Å². The summed E-state index contributed by atoms with van der Waals surface area (Å²) in [6.45, 7) is 6.71. The van der Waals surface area contributed by atoms with Crippen LogP contribution in [0.3, 0.4) is 0 Å². The molecule has 10 heavy (non-hydrogen) atoms. The van der Waals surface area contributed by atoms with E-state index in [0.29, 0.717) is 5.92 Å². The van der Waals surface area contributed by atoms with Gasteiger partial charge in [-0.25, -0.2) is 0 Å². The first kappa shape index (κ1) is 9.92. The maximum atomic E-state index is 5.24. The maximum Gasteiger partial charge on any atom is 0.0492 e. The van der Waals surface area contributed by atoms with Crippen molar-refractivity contribution in [2.75, 3.05) is 26.9 Å². The molecule has 62 valence electrons. The zero-order valence-corrected chi connectivity index (χ0v) is 7.22. The molecule has 0 aliphatic heterocycles. The van der Waals surface area contributed by atoms with Gasteiger partial charge in [-0.15, -0.1) is 0 Å². The first-order valence-electron chi connectivity index (χ1n) is 3.88. The van der Waals surface area contributed by atoms with Crippen LogP contribution in [0.2, 0.25) is 0 Å². The van der Waals surface area contributed by atoms with Gasteiger partial charge in [0.1, 0.15) is 0 Å². The molecule has 0 heterocycles. The van der Waals surface area contributed by atoms with E-state index in [2.05, 4.69) is 6.92 Å². The molecule has 0 fully saturated rings. The Morgan fingerprint density at radius 1 is 1.40 bits per heavy atom. The maximum absolute atomic E-state index is 5.24. The normalized spacial score (nSPS) is 13.5. The molecule has 0 N–H and O–H groups in total. The quantitative estimate of drug-likeness (QED) is 0.567. The van der Waals surface area contributed by atoms with Crippen LogP contribution in [0.1, 0.15) is 20.3 Å². The molecule has 0 bridgehead atoms. The molecular formula is C8H18O2. The Labute approximate surface area is 63.5 Å². The third-order valence-electron chi connectivity index (χ3n) is 1.42. The van der Waals surface area contributed by atoms with Gasteiger partial charge in [0.2, 0.25) is 0 Å². The van der Waals surface area contributed by atoms with Crippen molar-refractivity contribution in [3.8, 4) is 0 Å². The summed E-state index contributed by atoms with van der Waals surface area (Å²) in [5, 5.41) is 0. The van der Waals surface area contributed by atoms with Gasteiger partial charge in [0.25, 0.3) is 0 Å². The van der Waals surface area contributed by atoms with Crippen LogP contribution in [0, 0.1) is 5.92 Å². The van der Waals surface area contributed by atoms with E-state index in [1.807, 2.05) is 6.92 Å². The van der Waals surface area contributed by atoms with Crippen molar-refractivity contribution in [2.45, 2.75) is 20.3 Å². The minimum atomic E-state index is 0.625. The molecule has 1 unspecified atom stereocenters. The van der Waals surface area contributed by atoms with E-state index in [-0.39, 0.29) is 0 Å². The molecule has 0 saturated heterocycles. The lowest BCUT2D eigenvalue weighted by Gasteiger charge is -2.09. The topological polar surface area (TPSA) is 18.5 Å². The van der Waals surface area contributed by atoms with Crippen molar-refractivity contribution in [2.24, 2.45) is 5.92 Å². The summed E-state index contributed by atoms with van der Waals surface area (Å²) in [5.41, 5.74) is 0. The second kappa shape index (κ2) is 7.03. The van der Waals surface area contributed by atoms with Gasteiger partial charge in [-0.05, 0) is 19.3 Å². The lowest BCUT2D eigenvalue weighted by atomic mass is 10.1. The molecule has 2 nitrogen and oxygen atoms in total. The zero-order chi connectivity index (χ0) is 7.82. The molecule has 2 heteroatoms. The van der Waals surface area contributed by atoms with Crippen LogP contribution in [-0.4, -0.2) is 26.9 Å². The molecule has 0 aliphatic rings. The third kappa shape index (κ3) is 6.05.